The Morgan fingerprint density at radius 3 is 2.69 bits per heavy atom. The Labute approximate surface area is 207 Å². The van der Waals surface area contributed by atoms with Crippen LogP contribution in [0, 0.1) is 29.7 Å². The molecule has 4 aliphatic rings. The van der Waals surface area contributed by atoms with Crippen molar-refractivity contribution < 1.29 is 23.8 Å². The summed E-state index contributed by atoms with van der Waals surface area (Å²) in [5.41, 5.74) is -3.17. The SMILES string of the molecule is [C-]#[N+]C1(C#N)CC23C=CC(C(=O)OCC)(O2)C(=C)[C@H]3[C@H]2CCCC(N(C)C(=O)OC(C)(C)C)C=C21. The van der Waals surface area contributed by atoms with Crippen molar-refractivity contribution >= 4 is 12.1 Å². The molecule has 2 aliphatic heterocycles. The molecule has 0 aromatic rings. The Balaban J connectivity index is 1.77. The molecule has 8 nitrogen and oxygen atoms in total. The molecule has 2 aliphatic carbocycles. The van der Waals surface area contributed by atoms with Crippen molar-refractivity contribution in [1.82, 2.24) is 4.90 Å². The summed E-state index contributed by atoms with van der Waals surface area (Å²) in [5, 5.41) is 10.3. The molecule has 1 saturated heterocycles. The first kappa shape index (κ1) is 25.0. The van der Waals surface area contributed by atoms with Gasteiger partial charge in [-0.15, -0.1) is 0 Å². The molecule has 0 radical (unpaired) electrons. The fourth-order valence-corrected chi connectivity index (χ4v) is 6.18. The molecule has 35 heavy (non-hydrogen) atoms. The standard InChI is InChI=1S/C27H33N3O5/c1-8-33-22(31)27-13-12-26(35-27)15-25(16-28,29-6)20-14-18(30(7)23(32)34-24(3,4)5)10-9-11-19(20)21(26)17(27)2/h12-14,18-19,21H,2,8-11,15H2,1,3-5,7H3/t18?,19-,21-,25?,26?,27?/m0/s1. The number of fused-ring (bicyclic) bond motifs is 3. The molecule has 8 heteroatoms. The summed E-state index contributed by atoms with van der Waals surface area (Å²) in [4.78, 5) is 31.2. The van der Waals surface area contributed by atoms with Gasteiger partial charge in [0.25, 0.3) is 0 Å². The summed E-state index contributed by atoms with van der Waals surface area (Å²) in [6.45, 7) is 19.7. The molecule has 0 N–H and O–H groups in total. The monoisotopic (exact) mass is 479 g/mol. The van der Waals surface area contributed by atoms with Gasteiger partial charge in [0.05, 0.1) is 19.1 Å². The van der Waals surface area contributed by atoms with Gasteiger partial charge in [-0.3, -0.25) is 4.85 Å². The molecular weight excluding hydrogens is 446 g/mol. The average molecular weight is 480 g/mol. The molecule has 0 aromatic carbocycles. The van der Waals surface area contributed by atoms with Gasteiger partial charge < -0.3 is 19.1 Å². The fraction of sp³-hybridized carbons (Fsp3) is 0.630. The van der Waals surface area contributed by atoms with Crippen LogP contribution in [0.1, 0.15) is 53.4 Å². The Bertz CT molecular complexity index is 1090. The van der Waals surface area contributed by atoms with Crippen LogP contribution >= 0.6 is 0 Å². The van der Waals surface area contributed by atoms with Gasteiger partial charge in [-0.25, -0.2) is 16.2 Å². The van der Waals surface area contributed by atoms with E-state index < -0.39 is 34.4 Å². The molecule has 2 heterocycles. The van der Waals surface area contributed by atoms with Crippen molar-refractivity contribution in [3.05, 3.63) is 47.4 Å². The molecule has 2 fully saturated rings. The minimum Gasteiger partial charge on any atom is -0.463 e. The molecular formula is C27H33N3O5. The number of ether oxygens (including phenoxy) is 3. The highest BCUT2D eigenvalue weighted by atomic mass is 16.6. The lowest BCUT2D eigenvalue weighted by Gasteiger charge is -2.45. The van der Waals surface area contributed by atoms with Gasteiger partial charge in [0.2, 0.25) is 5.60 Å². The summed E-state index contributed by atoms with van der Waals surface area (Å²) in [6, 6.07) is 1.95. The van der Waals surface area contributed by atoms with Crippen molar-refractivity contribution in [2.75, 3.05) is 13.7 Å². The van der Waals surface area contributed by atoms with Crippen LogP contribution in [0.2, 0.25) is 0 Å². The summed E-state index contributed by atoms with van der Waals surface area (Å²) < 4.78 is 17.3. The average Bonchev–Trinajstić information content (AvgIpc) is 3.18. The van der Waals surface area contributed by atoms with Gasteiger partial charge in [0, 0.05) is 18.5 Å². The maximum absolute atomic E-state index is 13.0. The topological polar surface area (TPSA) is 93.2 Å². The Morgan fingerprint density at radius 2 is 2.09 bits per heavy atom. The number of hydrogen-bond acceptors (Lipinski definition) is 6. The summed E-state index contributed by atoms with van der Waals surface area (Å²) in [7, 11) is 1.68. The Hall–Kier alpha value is -3.10. The normalized spacial score (nSPS) is 37.2. The number of rotatable bonds is 3. The van der Waals surface area contributed by atoms with Crippen molar-refractivity contribution in [1.29, 1.82) is 5.26 Å². The van der Waals surface area contributed by atoms with Crippen molar-refractivity contribution in [2.24, 2.45) is 11.8 Å². The first-order valence-electron chi connectivity index (χ1n) is 12.1. The van der Waals surface area contributed by atoms with Gasteiger partial charge in [-0.2, -0.15) is 5.26 Å². The lowest BCUT2D eigenvalue weighted by atomic mass is 9.56. The van der Waals surface area contributed by atoms with Crippen LogP contribution < -0.4 is 0 Å². The summed E-state index contributed by atoms with van der Waals surface area (Å²) >= 11 is 0. The third-order valence-electron chi connectivity index (χ3n) is 7.66. The number of amides is 1. The van der Waals surface area contributed by atoms with Gasteiger partial charge in [-0.05, 0) is 58.1 Å². The predicted molar refractivity (Wildman–Crippen MR) is 128 cm³/mol. The van der Waals surface area contributed by atoms with Crippen LogP contribution in [0.5, 0.6) is 0 Å². The van der Waals surface area contributed by atoms with Gasteiger partial charge >= 0.3 is 17.6 Å². The zero-order valence-electron chi connectivity index (χ0n) is 21.1. The molecule has 4 rings (SSSR count). The van der Waals surface area contributed by atoms with Crippen molar-refractivity contribution in [3.63, 3.8) is 0 Å². The van der Waals surface area contributed by atoms with E-state index in [0.717, 1.165) is 6.42 Å². The van der Waals surface area contributed by atoms with Crippen LogP contribution in [0.3, 0.4) is 0 Å². The van der Waals surface area contributed by atoms with Crippen LogP contribution in [0.4, 0.5) is 4.79 Å². The van der Waals surface area contributed by atoms with Crippen LogP contribution in [0.15, 0.2) is 36.0 Å². The number of esters is 1. The quantitative estimate of drug-likeness (QED) is 0.339. The van der Waals surface area contributed by atoms with E-state index in [9.17, 15) is 14.9 Å². The van der Waals surface area contributed by atoms with Crippen LogP contribution in [-0.4, -0.2) is 59.0 Å². The number of likely N-dealkylation sites (N-methyl/N-ethyl adjacent to an activating group) is 1. The van der Waals surface area contributed by atoms with E-state index in [0.29, 0.717) is 24.0 Å². The van der Waals surface area contributed by atoms with Crippen LogP contribution in [-0.2, 0) is 19.0 Å². The highest BCUT2D eigenvalue weighted by molar-refractivity contribution is 5.89. The first-order valence-corrected chi connectivity index (χ1v) is 12.1. The maximum Gasteiger partial charge on any atom is 0.410 e. The zero-order valence-corrected chi connectivity index (χ0v) is 21.1. The molecule has 0 aromatic heterocycles. The molecule has 4 unspecified atom stereocenters. The number of nitriles is 1. The zero-order chi connectivity index (χ0) is 25.8. The molecule has 1 saturated carbocycles. The largest absolute Gasteiger partial charge is 0.463 e. The predicted octanol–water partition coefficient (Wildman–Crippen LogP) is 4.35. The second kappa shape index (κ2) is 8.24. The molecule has 6 atom stereocenters. The third kappa shape index (κ3) is 3.67. The lowest BCUT2D eigenvalue weighted by Crippen LogP contribution is -2.52. The first-order chi connectivity index (χ1) is 16.4. The van der Waals surface area contributed by atoms with E-state index in [4.69, 9.17) is 20.8 Å². The number of carbonyl (C=O) groups excluding carboxylic acids is 2. The van der Waals surface area contributed by atoms with E-state index in [1.807, 2.05) is 32.9 Å². The lowest BCUT2D eigenvalue weighted by molar-refractivity contribution is -0.164. The molecule has 1 spiro atoms. The molecule has 1 amide bonds. The highest BCUT2D eigenvalue weighted by Crippen LogP contribution is 2.65. The number of nitrogens with zero attached hydrogens (tertiary/aromatic N) is 3. The van der Waals surface area contributed by atoms with E-state index in [-0.39, 0.29) is 30.9 Å². The summed E-state index contributed by atoms with van der Waals surface area (Å²) in [6.07, 6.45) is 7.19. The van der Waals surface area contributed by atoms with Crippen molar-refractivity contribution in [2.45, 2.75) is 81.8 Å². The van der Waals surface area contributed by atoms with Gasteiger partial charge in [0.1, 0.15) is 11.2 Å². The van der Waals surface area contributed by atoms with Gasteiger partial charge in [-0.1, -0.05) is 25.2 Å². The number of hydrogen-bond donors (Lipinski definition) is 0. The van der Waals surface area contributed by atoms with E-state index in [1.165, 1.54) is 0 Å². The van der Waals surface area contributed by atoms with E-state index in [2.05, 4.69) is 17.5 Å². The molecule has 2 bridgehead atoms. The minimum absolute atomic E-state index is 0.0898. The highest BCUT2D eigenvalue weighted by Gasteiger charge is 2.73. The smallest absolute Gasteiger partial charge is 0.410 e. The second-order valence-electron chi connectivity index (χ2n) is 10.9. The third-order valence-corrected chi connectivity index (χ3v) is 7.66. The maximum atomic E-state index is 13.0. The van der Waals surface area contributed by atoms with Crippen LogP contribution in [0.25, 0.3) is 4.85 Å². The number of carbonyl (C=O) groups is 2. The van der Waals surface area contributed by atoms with E-state index >= 15 is 0 Å². The summed E-state index contributed by atoms with van der Waals surface area (Å²) in [5.74, 6) is -1.00. The fourth-order valence-electron chi connectivity index (χ4n) is 6.18. The van der Waals surface area contributed by atoms with Gasteiger partial charge in [0.15, 0.2) is 6.07 Å². The van der Waals surface area contributed by atoms with E-state index in [1.54, 1.807) is 24.9 Å². The Kier molecular flexibility index (Phi) is 5.89. The second-order valence-corrected chi connectivity index (χ2v) is 10.9. The minimum atomic E-state index is -1.47. The van der Waals surface area contributed by atoms with Crippen molar-refractivity contribution in [3.8, 4) is 6.07 Å². The molecule has 186 valence electrons. The Morgan fingerprint density at radius 1 is 1.37 bits per heavy atom.